The molecule has 0 radical (unpaired) electrons. The average molecular weight is 224 g/mol. The third-order valence-electron chi connectivity index (χ3n) is 2.56. The Hall–Kier alpha value is -0.900. The van der Waals surface area contributed by atoms with Crippen molar-refractivity contribution >= 4 is 0 Å². The topological polar surface area (TPSA) is 38.7 Å². The van der Waals surface area contributed by atoms with E-state index in [0.717, 1.165) is 5.56 Å². The number of benzene rings is 1. The van der Waals surface area contributed by atoms with Crippen LogP contribution in [0.3, 0.4) is 0 Å². The molecule has 3 nitrogen and oxygen atoms in total. The van der Waals surface area contributed by atoms with Gasteiger partial charge in [-0.3, -0.25) is 0 Å². The molecule has 1 rings (SSSR count). The van der Waals surface area contributed by atoms with Crippen molar-refractivity contribution in [2.75, 3.05) is 0 Å². The molecule has 2 atom stereocenters. The average Bonchev–Trinajstić information content (AvgIpc) is 2.27. The predicted molar refractivity (Wildman–Crippen MR) is 62.8 cm³/mol. The van der Waals surface area contributed by atoms with Crippen molar-refractivity contribution in [3.05, 3.63) is 35.9 Å². The first-order chi connectivity index (χ1) is 7.43. The minimum Gasteiger partial charge on any atom is -0.391 e. The minimum atomic E-state index is -0.549. The predicted octanol–water partition coefficient (Wildman–Crippen LogP) is 2.64. The van der Waals surface area contributed by atoms with Crippen LogP contribution in [0.5, 0.6) is 0 Å². The van der Waals surface area contributed by atoms with Crippen molar-refractivity contribution in [1.82, 2.24) is 0 Å². The van der Waals surface area contributed by atoms with E-state index >= 15 is 0 Å². The number of aliphatic hydroxyl groups is 1. The number of hydrogen-bond acceptors (Lipinski definition) is 3. The molecule has 0 saturated heterocycles. The minimum absolute atomic E-state index is 0.344. The van der Waals surface area contributed by atoms with Crippen LogP contribution < -0.4 is 0 Å². The van der Waals surface area contributed by atoms with Gasteiger partial charge in [0.15, 0.2) is 0 Å². The van der Waals surface area contributed by atoms with Gasteiger partial charge >= 0.3 is 0 Å². The van der Waals surface area contributed by atoms with Gasteiger partial charge in [-0.1, -0.05) is 30.3 Å². The van der Waals surface area contributed by atoms with E-state index in [4.69, 9.17) is 9.78 Å². The van der Waals surface area contributed by atoms with E-state index in [1.807, 2.05) is 44.2 Å². The van der Waals surface area contributed by atoms with Gasteiger partial charge < -0.3 is 5.11 Å². The summed E-state index contributed by atoms with van der Waals surface area (Å²) in [5, 5.41) is 9.28. The van der Waals surface area contributed by atoms with Crippen LogP contribution in [0.4, 0.5) is 0 Å². The van der Waals surface area contributed by atoms with Gasteiger partial charge in [-0.15, -0.1) is 0 Å². The molecule has 0 bridgehead atoms. The molecule has 0 heterocycles. The lowest BCUT2D eigenvalue weighted by molar-refractivity contribution is -0.387. The van der Waals surface area contributed by atoms with Crippen LogP contribution in [-0.2, 0) is 15.4 Å². The summed E-state index contributed by atoms with van der Waals surface area (Å²) in [6.45, 7) is 7.30. The molecular weight excluding hydrogens is 204 g/mol. The highest BCUT2D eigenvalue weighted by atomic mass is 17.2. The standard InChI is InChI=1S/C13H20O3/c1-10(14)11(2)15-16-13(3,4)12-8-6-5-7-9-12/h5-11,14H,1-4H3. The van der Waals surface area contributed by atoms with Gasteiger partial charge in [-0.05, 0) is 33.3 Å². The molecule has 0 amide bonds. The molecule has 0 aliphatic carbocycles. The Morgan fingerprint density at radius 3 is 2.19 bits per heavy atom. The summed E-state index contributed by atoms with van der Waals surface area (Å²) in [6.07, 6.45) is -0.894. The molecule has 0 aliphatic rings. The lowest BCUT2D eigenvalue weighted by atomic mass is 9.99. The summed E-state index contributed by atoms with van der Waals surface area (Å²) >= 11 is 0. The quantitative estimate of drug-likeness (QED) is 0.617. The second-order valence-electron chi connectivity index (χ2n) is 4.50. The summed E-state index contributed by atoms with van der Waals surface area (Å²) in [5.74, 6) is 0. The molecule has 1 aromatic rings. The van der Waals surface area contributed by atoms with Crippen molar-refractivity contribution < 1.29 is 14.9 Å². The van der Waals surface area contributed by atoms with Gasteiger partial charge in [0.25, 0.3) is 0 Å². The molecule has 0 saturated carbocycles. The number of rotatable bonds is 5. The zero-order valence-electron chi connectivity index (χ0n) is 10.3. The molecule has 90 valence electrons. The van der Waals surface area contributed by atoms with Crippen molar-refractivity contribution in [2.24, 2.45) is 0 Å². The lowest BCUT2D eigenvalue weighted by Gasteiger charge is -2.26. The van der Waals surface area contributed by atoms with Crippen LogP contribution in [0.1, 0.15) is 33.3 Å². The zero-order chi connectivity index (χ0) is 12.2. The van der Waals surface area contributed by atoms with Crippen molar-refractivity contribution in [3.63, 3.8) is 0 Å². The van der Waals surface area contributed by atoms with Crippen molar-refractivity contribution in [3.8, 4) is 0 Å². The van der Waals surface area contributed by atoms with Crippen LogP contribution in [0, 0.1) is 0 Å². The van der Waals surface area contributed by atoms with Crippen LogP contribution in [-0.4, -0.2) is 17.3 Å². The Morgan fingerprint density at radius 1 is 1.12 bits per heavy atom. The smallest absolute Gasteiger partial charge is 0.123 e. The molecule has 1 aromatic carbocycles. The molecule has 0 spiro atoms. The Kier molecular flexibility index (Phi) is 4.47. The van der Waals surface area contributed by atoms with Crippen LogP contribution in [0.25, 0.3) is 0 Å². The highest BCUT2D eigenvalue weighted by Crippen LogP contribution is 2.25. The fourth-order valence-electron chi connectivity index (χ4n) is 1.16. The molecule has 0 aliphatic heterocycles. The highest BCUT2D eigenvalue weighted by Gasteiger charge is 2.24. The van der Waals surface area contributed by atoms with Gasteiger partial charge in [-0.25, -0.2) is 9.78 Å². The third-order valence-corrected chi connectivity index (χ3v) is 2.56. The molecule has 2 unspecified atom stereocenters. The molecule has 16 heavy (non-hydrogen) atoms. The highest BCUT2D eigenvalue weighted by molar-refractivity contribution is 5.20. The number of hydrogen-bond donors (Lipinski definition) is 1. The first kappa shape index (κ1) is 13.2. The fraction of sp³-hybridized carbons (Fsp3) is 0.538. The lowest BCUT2D eigenvalue weighted by Crippen LogP contribution is -2.29. The van der Waals surface area contributed by atoms with E-state index in [-0.39, 0.29) is 6.10 Å². The van der Waals surface area contributed by atoms with E-state index in [0.29, 0.717) is 0 Å². The van der Waals surface area contributed by atoms with Gasteiger partial charge in [0.2, 0.25) is 0 Å². The van der Waals surface area contributed by atoms with E-state index in [2.05, 4.69) is 0 Å². The monoisotopic (exact) mass is 224 g/mol. The maximum atomic E-state index is 9.28. The summed E-state index contributed by atoms with van der Waals surface area (Å²) in [4.78, 5) is 10.6. The summed E-state index contributed by atoms with van der Waals surface area (Å²) in [7, 11) is 0. The molecular formula is C13H20O3. The van der Waals surface area contributed by atoms with Gasteiger partial charge in [0.1, 0.15) is 11.7 Å². The largest absolute Gasteiger partial charge is 0.391 e. The second-order valence-corrected chi connectivity index (χ2v) is 4.50. The van der Waals surface area contributed by atoms with E-state index < -0.39 is 11.7 Å². The molecule has 1 N–H and O–H groups in total. The summed E-state index contributed by atoms with van der Waals surface area (Å²) < 4.78 is 0. The first-order valence-electron chi connectivity index (χ1n) is 5.51. The van der Waals surface area contributed by atoms with Crippen LogP contribution in [0.2, 0.25) is 0 Å². The Morgan fingerprint density at radius 2 is 1.69 bits per heavy atom. The molecule has 3 heteroatoms. The first-order valence-corrected chi connectivity index (χ1v) is 5.51. The fourth-order valence-corrected chi connectivity index (χ4v) is 1.16. The summed E-state index contributed by atoms with van der Waals surface area (Å²) in [5.41, 5.74) is 0.512. The zero-order valence-corrected chi connectivity index (χ0v) is 10.3. The number of aliphatic hydroxyl groups excluding tert-OH is 1. The van der Waals surface area contributed by atoms with Gasteiger partial charge in [-0.2, -0.15) is 0 Å². The maximum absolute atomic E-state index is 9.28. The SMILES string of the molecule is CC(O)C(C)OOC(C)(C)c1ccccc1. The van der Waals surface area contributed by atoms with E-state index in [9.17, 15) is 5.11 Å². The normalized spacial score (nSPS) is 15.8. The summed E-state index contributed by atoms with van der Waals surface area (Å²) in [6, 6.07) is 9.84. The van der Waals surface area contributed by atoms with Gasteiger partial charge in [0, 0.05) is 0 Å². The third kappa shape index (κ3) is 3.59. The van der Waals surface area contributed by atoms with Crippen LogP contribution >= 0.6 is 0 Å². The van der Waals surface area contributed by atoms with Gasteiger partial charge in [0.05, 0.1) is 6.10 Å². The van der Waals surface area contributed by atoms with E-state index in [1.165, 1.54) is 0 Å². The van der Waals surface area contributed by atoms with Crippen LogP contribution in [0.15, 0.2) is 30.3 Å². The molecule has 0 aromatic heterocycles. The maximum Gasteiger partial charge on any atom is 0.123 e. The Labute approximate surface area is 96.9 Å². The Balaban J connectivity index is 2.59. The van der Waals surface area contributed by atoms with Crippen molar-refractivity contribution in [1.29, 1.82) is 0 Å². The van der Waals surface area contributed by atoms with E-state index in [1.54, 1.807) is 13.8 Å². The second kappa shape index (κ2) is 5.43. The molecule has 0 fully saturated rings. The van der Waals surface area contributed by atoms with Crippen molar-refractivity contribution in [2.45, 2.75) is 45.5 Å². The Bertz CT molecular complexity index is 306.